The minimum atomic E-state index is 0.152. The van der Waals surface area contributed by atoms with E-state index in [2.05, 4.69) is 27.4 Å². The molecule has 0 radical (unpaired) electrons. The first-order valence-electron chi connectivity index (χ1n) is 8.32. The summed E-state index contributed by atoms with van der Waals surface area (Å²) in [6.07, 6.45) is 7.77. The summed E-state index contributed by atoms with van der Waals surface area (Å²) in [6, 6.07) is 2.47. The molecule has 1 aliphatic rings. The summed E-state index contributed by atoms with van der Waals surface area (Å²) in [5.41, 5.74) is 2.19. The minimum absolute atomic E-state index is 0.152. The number of amides is 1. The van der Waals surface area contributed by atoms with Crippen molar-refractivity contribution < 1.29 is 4.79 Å². The molecule has 0 aromatic carbocycles. The Morgan fingerprint density at radius 1 is 1.36 bits per heavy atom. The van der Waals surface area contributed by atoms with Gasteiger partial charge >= 0.3 is 0 Å². The maximum absolute atomic E-state index is 11.9. The highest BCUT2D eigenvalue weighted by Crippen LogP contribution is 2.14. The summed E-state index contributed by atoms with van der Waals surface area (Å²) in [6.45, 7) is 8.02. The third-order valence-corrected chi connectivity index (χ3v) is 4.34. The largest absolute Gasteiger partial charge is 0.383 e. The number of likely N-dealkylation sites (tertiary alicyclic amines) is 1. The Bertz CT molecular complexity index is 471. The van der Waals surface area contributed by atoms with Crippen LogP contribution in [0.4, 0.5) is 5.69 Å². The highest BCUT2D eigenvalue weighted by molar-refractivity contribution is 5.75. The zero-order chi connectivity index (χ0) is 15.8. The quantitative estimate of drug-likeness (QED) is 0.723. The smallest absolute Gasteiger partial charge is 0.220 e. The van der Waals surface area contributed by atoms with Crippen LogP contribution in [0.15, 0.2) is 18.5 Å². The fourth-order valence-corrected chi connectivity index (χ4v) is 2.86. The SMILES string of the molecule is Cc1cnccc1NCCNC(=O)CCC(C)N1CCCC1. The lowest BCUT2D eigenvalue weighted by atomic mass is 10.1. The monoisotopic (exact) mass is 304 g/mol. The van der Waals surface area contributed by atoms with E-state index in [4.69, 9.17) is 0 Å². The zero-order valence-electron chi connectivity index (χ0n) is 13.8. The molecule has 1 aromatic rings. The standard InChI is InChI=1S/C17H28N4O/c1-14-13-18-8-7-16(14)19-9-10-20-17(22)6-5-15(2)21-11-3-4-12-21/h7-8,13,15H,3-6,9-12H2,1-2H3,(H,18,19)(H,20,22). The van der Waals surface area contributed by atoms with Gasteiger partial charge in [-0.1, -0.05) is 0 Å². The molecule has 1 atom stereocenters. The van der Waals surface area contributed by atoms with Crippen LogP contribution >= 0.6 is 0 Å². The predicted molar refractivity (Wildman–Crippen MR) is 90.0 cm³/mol. The molecule has 1 amide bonds. The van der Waals surface area contributed by atoms with E-state index < -0.39 is 0 Å². The van der Waals surface area contributed by atoms with Crippen molar-refractivity contribution in [2.45, 2.75) is 45.6 Å². The molecule has 1 unspecified atom stereocenters. The van der Waals surface area contributed by atoms with Gasteiger partial charge in [0.25, 0.3) is 0 Å². The molecule has 0 aliphatic carbocycles. The Labute approximate surface area is 133 Å². The second-order valence-electron chi connectivity index (χ2n) is 6.10. The first kappa shape index (κ1) is 16.7. The lowest BCUT2D eigenvalue weighted by Crippen LogP contribution is -2.33. The second kappa shape index (κ2) is 8.73. The molecule has 2 rings (SSSR count). The van der Waals surface area contributed by atoms with Crippen LogP contribution in [0.25, 0.3) is 0 Å². The number of hydrogen-bond donors (Lipinski definition) is 2. The number of pyridine rings is 1. The molecular formula is C17H28N4O. The number of nitrogens with one attached hydrogen (secondary N) is 2. The van der Waals surface area contributed by atoms with Crippen molar-refractivity contribution in [3.8, 4) is 0 Å². The summed E-state index contributed by atoms with van der Waals surface area (Å²) >= 11 is 0. The topological polar surface area (TPSA) is 57.3 Å². The number of aryl methyl sites for hydroxylation is 1. The van der Waals surface area contributed by atoms with Crippen LogP contribution in [0.1, 0.15) is 38.2 Å². The van der Waals surface area contributed by atoms with Gasteiger partial charge in [0.05, 0.1) is 0 Å². The van der Waals surface area contributed by atoms with Gasteiger partial charge in [-0.3, -0.25) is 9.78 Å². The first-order chi connectivity index (χ1) is 10.7. The highest BCUT2D eigenvalue weighted by Gasteiger charge is 2.18. The number of rotatable bonds is 8. The summed E-state index contributed by atoms with van der Waals surface area (Å²) < 4.78 is 0. The molecule has 0 saturated carbocycles. The van der Waals surface area contributed by atoms with Gasteiger partial charge in [-0.05, 0) is 57.8 Å². The number of carbonyl (C=O) groups is 1. The molecule has 1 aliphatic heterocycles. The molecular weight excluding hydrogens is 276 g/mol. The van der Waals surface area contributed by atoms with Crippen LogP contribution in [0, 0.1) is 6.92 Å². The molecule has 0 spiro atoms. The van der Waals surface area contributed by atoms with Crippen molar-refractivity contribution >= 4 is 11.6 Å². The van der Waals surface area contributed by atoms with E-state index in [1.165, 1.54) is 25.9 Å². The third kappa shape index (κ3) is 5.30. The van der Waals surface area contributed by atoms with E-state index >= 15 is 0 Å². The number of anilines is 1. The van der Waals surface area contributed by atoms with Crippen molar-refractivity contribution in [1.29, 1.82) is 0 Å². The van der Waals surface area contributed by atoms with Crippen molar-refractivity contribution in [1.82, 2.24) is 15.2 Å². The lowest BCUT2D eigenvalue weighted by Gasteiger charge is -2.23. The molecule has 22 heavy (non-hydrogen) atoms. The van der Waals surface area contributed by atoms with Gasteiger partial charge in [0.2, 0.25) is 5.91 Å². The Hall–Kier alpha value is -1.62. The fourth-order valence-electron chi connectivity index (χ4n) is 2.86. The molecule has 2 N–H and O–H groups in total. The van der Waals surface area contributed by atoms with E-state index in [1.54, 1.807) is 6.20 Å². The minimum Gasteiger partial charge on any atom is -0.383 e. The molecule has 0 bridgehead atoms. The molecule has 2 heterocycles. The Morgan fingerprint density at radius 2 is 2.14 bits per heavy atom. The third-order valence-electron chi connectivity index (χ3n) is 4.34. The highest BCUT2D eigenvalue weighted by atomic mass is 16.1. The van der Waals surface area contributed by atoms with Crippen molar-refractivity contribution in [3.63, 3.8) is 0 Å². The van der Waals surface area contributed by atoms with Crippen molar-refractivity contribution in [3.05, 3.63) is 24.0 Å². The molecule has 5 heteroatoms. The van der Waals surface area contributed by atoms with Gasteiger partial charge in [0.15, 0.2) is 0 Å². The Kier molecular flexibility index (Phi) is 6.65. The van der Waals surface area contributed by atoms with Crippen LogP contribution in [0.3, 0.4) is 0 Å². The molecule has 122 valence electrons. The Balaban J connectivity index is 1.57. The van der Waals surface area contributed by atoms with Crippen molar-refractivity contribution in [2.75, 3.05) is 31.5 Å². The second-order valence-corrected chi connectivity index (χ2v) is 6.10. The van der Waals surface area contributed by atoms with Crippen LogP contribution in [0.2, 0.25) is 0 Å². The predicted octanol–water partition coefficient (Wildman–Crippen LogP) is 2.18. The summed E-state index contributed by atoms with van der Waals surface area (Å²) in [7, 11) is 0. The number of aromatic nitrogens is 1. The van der Waals surface area contributed by atoms with Gasteiger partial charge in [0, 0.05) is 43.6 Å². The molecule has 5 nitrogen and oxygen atoms in total. The summed E-state index contributed by atoms with van der Waals surface area (Å²) in [5, 5.41) is 6.30. The van der Waals surface area contributed by atoms with E-state index in [-0.39, 0.29) is 5.91 Å². The average Bonchev–Trinajstić information content (AvgIpc) is 3.05. The lowest BCUT2D eigenvalue weighted by molar-refractivity contribution is -0.121. The van der Waals surface area contributed by atoms with E-state index in [0.717, 1.165) is 24.2 Å². The normalized spacial score (nSPS) is 16.5. The summed E-state index contributed by atoms with van der Waals surface area (Å²) in [4.78, 5) is 18.4. The van der Waals surface area contributed by atoms with Crippen LogP contribution < -0.4 is 10.6 Å². The molecule has 1 aromatic heterocycles. The van der Waals surface area contributed by atoms with Crippen LogP contribution in [-0.2, 0) is 4.79 Å². The molecule has 1 saturated heterocycles. The fraction of sp³-hybridized carbons (Fsp3) is 0.647. The number of hydrogen-bond acceptors (Lipinski definition) is 4. The van der Waals surface area contributed by atoms with Crippen LogP contribution in [0.5, 0.6) is 0 Å². The van der Waals surface area contributed by atoms with Gasteiger partial charge < -0.3 is 15.5 Å². The van der Waals surface area contributed by atoms with Gasteiger partial charge in [-0.15, -0.1) is 0 Å². The maximum Gasteiger partial charge on any atom is 0.220 e. The zero-order valence-corrected chi connectivity index (χ0v) is 13.8. The van der Waals surface area contributed by atoms with Crippen molar-refractivity contribution in [2.24, 2.45) is 0 Å². The Morgan fingerprint density at radius 3 is 2.86 bits per heavy atom. The molecule has 1 fully saturated rings. The number of nitrogens with zero attached hydrogens (tertiary/aromatic N) is 2. The summed E-state index contributed by atoms with van der Waals surface area (Å²) in [5.74, 6) is 0.152. The van der Waals surface area contributed by atoms with Crippen LogP contribution in [-0.4, -0.2) is 48.0 Å². The average molecular weight is 304 g/mol. The van der Waals surface area contributed by atoms with E-state index in [9.17, 15) is 4.79 Å². The maximum atomic E-state index is 11.9. The van der Waals surface area contributed by atoms with Gasteiger partial charge in [-0.2, -0.15) is 0 Å². The van der Waals surface area contributed by atoms with Gasteiger partial charge in [-0.25, -0.2) is 0 Å². The van der Waals surface area contributed by atoms with Gasteiger partial charge in [0.1, 0.15) is 0 Å². The van der Waals surface area contributed by atoms with E-state index in [1.807, 2.05) is 19.2 Å². The van der Waals surface area contributed by atoms with E-state index in [0.29, 0.717) is 19.0 Å². The number of carbonyl (C=O) groups excluding carboxylic acids is 1. The first-order valence-corrected chi connectivity index (χ1v) is 8.32.